The van der Waals surface area contributed by atoms with Gasteiger partial charge in [0.2, 0.25) is 0 Å². The minimum absolute atomic E-state index is 0.586. The monoisotopic (exact) mass is 169 g/mol. The average Bonchev–Trinajstić information content (AvgIpc) is 2.05. The van der Waals surface area contributed by atoms with Gasteiger partial charge in [0.05, 0.1) is 0 Å². The molecule has 1 atom stereocenters. The summed E-state index contributed by atoms with van der Waals surface area (Å²) in [6.45, 7) is 6.94. The van der Waals surface area contributed by atoms with E-state index in [2.05, 4.69) is 32.7 Å². The van der Waals surface area contributed by atoms with Crippen molar-refractivity contribution in [2.45, 2.75) is 64.5 Å². The van der Waals surface area contributed by atoms with Crippen molar-refractivity contribution < 1.29 is 0 Å². The van der Waals surface area contributed by atoms with Crippen molar-refractivity contribution in [3.05, 3.63) is 0 Å². The van der Waals surface area contributed by atoms with Crippen LogP contribution in [0.15, 0.2) is 0 Å². The summed E-state index contributed by atoms with van der Waals surface area (Å²) in [7, 11) is 2.29. The summed E-state index contributed by atoms with van der Waals surface area (Å²) in [5, 5.41) is 0. The zero-order chi connectivity index (χ0) is 9.19. The Bertz CT molecular complexity index is 130. The number of likely N-dealkylation sites (tertiary alicyclic amines) is 1. The zero-order valence-corrected chi connectivity index (χ0v) is 9.06. The minimum atomic E-state index is 0.586. The highest BCUT2D eigenvalue weighted by Crippen LogP contribution is 2.41. The molecule has 1 aliphatic rings. The Kier molecular flexibility index (Phi) is 3.16. The average molecular weight is 169 g/mol. The van der Waals surface area contributed by atoms with E-state index in [-0.39, 0.29) is 0 Å². The molecule has 0 bridgehead atoms. The van der Waals surface area contributed by atoms with Crippen molar-refractivity contribution in [2.75, 3.05) is 7.05 Å². The van der Waals surface area contributed by atoms with Gasteiger partial charge < -0.3 is 0 Å². The molecule has 1 unspecified atom stereocenters. The highest BCUT2D eigenvalue weighted by molar-refractivity contribution is 5.01. The fourth-order valence-corrected chi connectivity index (χ4v) is 2.80. The van der Waals surface area contributed by atoms with Gasteiger partial charge in [0.15, 0.2) is 0 Å². The van der Waals surface area contributed by atoms with Crippen LogP contribution in [0.1, 0.15) is 52.9 Å². The molecule has 1 rings (SSSR count). The third kappa shape index (κ3) is 1.52. The van der Waals surface area contributed by atoms with Crippen molar-refractivity contribution in [3.63, 3.8) is 0 Å². The third-order valence-electron chi connectivity index (χ3n) is 3.52. The van der Waals surface area contributed by atoms with Crippen LogP contribution in [0, 0.1) is 0 Å². The van der Waals surface area contributed by atoms with Gasteiger partial charge in [0.25, 0.3) is 0 Å². The van der Waals surface area contributed by atoms with Crippen LogP contribution in [-0.2, 0) is 0 Å². The first-order chi connectivity index (χ1) is 5.66. The normalized spacial score (nSPS) is 28.5. The molecule has 0 aromatic rings. The summed E-state index contributed by atoms with van der Waals surface area (Å²) in [4.78, 5) is 2.58. The van der Waals surface area contributed by atoms with Crippen molar-refractivity contribution >= 4 is 0 Å². The molecule has 1 nitrogen and oxygen atoms in total. The lowest BCUT2D eigenvalue weighted by atomic mass is 9.73. The molecular formula is C11H23N. The first-order valence-electron chi connectivity index (χ1n) is 5.39. The molecule has 72 valence electrons. The van der Waals surface area contributed by atoms with Gasteiger partial charge in [-0.1, -0.05) is 26.7 Å². The Morgan fingerprint density at radius 1 is 1.25 bits per heavy atom. The molecule has 1 heteroatoms. The molecule has 1 heterocycles. The van der Waals surface area contributed by atoms with Crippen molar-refractivity contribution in [2.24, 2.45) is 0 Å². The molecule has 1 saturated heterocycles. The number of nitrogens with zero attached hydrogens (tertiary/aromatic N) is 1. The van der Waals surface area contributed by atoms with Gasteiger partial charge in [-0.15, -0.1) is 0 Å². The third-order valence-corrected chi connectivity index (χ3v) is 3.52. The predicted molar refractivity (Wildman–Crippen MR) is 54.4 cm³/mol. The predicted octanol–water partition coefficient (Wildman–Crippen LogP) is 3.05. The molecule has 0 aliphatic carbocycles. The second-order valence-electron chi connectivity index (χ2n) is 4.39. The summed E-state index contributed by atoms with van der Waals surface area (Å²) < 4.78 is 0. The first-order valence-corrected chi connectivity index (χ1v) is 5.39. The molecule has 0 spiro atoms. The number of rotatable bonds is 4. The summed E-state index contributed by atoms with van der Waals surface area (Å²) >= 11 is 0. The molecular weight excluding hydrogens is 146 g/mol. The van der Waals surface area contributed by atoms with Crippen LogP contribution in [0.4, 0.5) is 0 Å². The molecule has 1 fully saturated rings. The second-order valence-corrected chi connectivity index (χ2v) is 4.39. The van der Waals surface area contributed by atoms with Gasteiger partial charge in [-0.05, 0) is 33.2 Å². The second kappa shape index (κ2) is 3.78. The van der Waals surface area contributed by atoms with E-state index < -0.39 is 0 Å². The minimum Gasteiger partial charge on any atom is -0.298 e. The highest BCUT2D eigenvalue weighted by Gasteiger charge is 2.45. The Labute approximate surface area is 77.1 Å². The molecule has 0 aromatic carbocycles. The Hall–Kier alpha value is -0.0400. The number of hydrogen-bond donors (Lipinski definition) is 0. The van der Waals surface area contributed by atoms with E-state index in [0.29, 0.717) is 5.54 Å². The summed E-state index contributed by atoms with van der Waals surface area (Å²) in [5.41, 5.74) is 0.586. The van der Waals surface area contributed by atoms with Gasteiger partial charge in [-0.2, -0.15) is 0 Å². The summed E-state index contributed by atoms with van der Waals surface area (Å²) in [6, 6.07) is 0.822. The van der Waals surface area contributed by atoms with Crippen molar-refractivity contribution in [1.82, 2.24) is 4.90 Å². The lowest BCUT2D eigenvalue weighted by Gasteiger charge is -2.56. The van der Waals surface area contributed by atoms with Crippen molar-refractivity contribution in [3.8, 4) is 0 Å². The van der Waals surface area contributed by atoms with E-state index in [1.165, 1.54) is 32.1 Å². The van der Waals surface area contributed by atoms with E-state index >= 15 is 0 Å². The molecule has 0 saturated carbocycles. The van der Waals surface area contributed by atoms with Crippen LogP contribution in [0.25, 0.3) is 0 Å². The Morgan fingerprint density at radius 3 is 2.00 bits per heavy atom. The molecule has 0 radical (unpaired) electrons. The van der Waals surface area contributed by atoms with E-state index in [0.717, 1.165) is 6.04 Å². The van der Waals surface area contributed by atoms with Crippen LogP contribution in [0.3, 0.4) is 0 Å². The topological polar surface area (TPSA) is 3.24 Å². The zero-order valence-electron chi connectivity index (χ0n) is 9.06. The van der Waals surface area contributed by atoms with E-state index in [9.17, 15) is 0 Å². The fraction of sp³-hybridized carbons (Fsp3) is 1.00. The smallest absolute Gasteiger partial charge is 0.0224 e. The van der Waals surface area contributed by atoms with Crippen LogP contribution in [0.5, 0.6) is 0 Å². The number of hydrogen-bond acceptors (Lipinski definition) is 1. The van der Waals surface area contributed by atoms with Gasteiger partial charge in [0, 0.05) is 11.6 Å². The van der Waals surface area contributed by atoms with Gasteiger partial charge in [-0.3, -0.25) is 4.90 Å². The maximum Gasteiger partial charge on any atom is 0.0224 e. The van der Waals surface area contributed by atoms with Gasteiger partial charge in [-0.25, -0.2) is 0 Å². The summed E-state index contributed by atoms with van der Waals surface area (Å²) in [6.07, 6.45) is 6.86. The van der Waals surface area contributed by atoms with Crippen LogP contribution in [0.2, 0.25) is 0 Å². The maximum absolute atomic E-state index is 2.58. The van der Waals surface area contributed by atoms with Crippen LogP contribution >= 0.6 is 0 Å². The van der Waals surface area contributed by atoms with Crippen molar-refractivity contribution in [1.29, 1.82) is 0 Å². The highest BCUT2D eigenvalue weighted by atomic mass is 15.3. The quantitative estimate of drug-likeness (QED) is 0.625. The molecule has 0 amide bonds. The van der Waals surface area contributed by atoms with Crippen LogP contribution in [-0.4, -0.2) is 23.5 Å². The van der Waals surface area contributed by atoms with E-state index in [1.807, 2.05) is 0 Å². The van der Waals surface area contributed by atoms with E-state index in [1.54, 1.807) is 0 Å². The first kappa shape index (κ1) is 10.0. The maximum atomic E-state index is 2.58. The molecule has 0 N–H and O–H groups in total. The standard InChI is InChI=1S/C11H23N/c1-5-7-11(8-6-2)9-10(3)12(11)4/h10H,5-9H2,1-4H3. The lowest BCUT2D eigenvalue weighted by molar-refractivity contribution is -0.0558. The SMILES string of the molecule is CCCC1(CCC)CC(C)N1C. The molecule has 0 aromatic heterocycles. The van der Waals surface area contributed by atoms with Gasteiger partial charge >= 0.3 is 0 Å². The lowest BCUT2D eigenvalue weighted by Crippen LogP contribution is -2.62. The van der Waals surface area contributed by atoms with E-state index in [4.69, 9.17) is 0 Å². The Balaban J connectivity index is 2.50. The van der Waals surface area contributed by atoms with Gasteiger partial charge in [0.1, 0.15) is 0 Å². The Morgan fingerprint density at radius 2 is 1.75 bits per heavy atom. The molecule has 1 aliphatic heterocycles. The van der Waals surface area contributed by atoms with Crippen LogP contribution < -0.4 is 0 Å². The fourth-order valence-electron chi connectivity index (χ4n) is 2.80. The summed E-state index contributed by atoms with van der Waals surface area (Å²) in [5.74, 6) is 0. The molecule has 12 heavy (non-hydrogen) atoms. The largest absolute Gasteiger partial charge is 0.298 e.